The van der Waals surface area contributed by atoms with Crippen LogP contribution in [0.3, 0.4) is 0 Å². The highest BCUT2D eigenvalue weighted by Gasteiger charge is 2.36. The molecule has 36 heavy (non-hydrogen) atoms. The molecule has 3 heterocycles. The van der Waals surface area contributed by atoms with Gasteiger partial charge in [-0.25, -0.2) is 0 Å². The van der Waals surface area contributed by atoms with E-state index < -0.39 is 10.8 Å². The highest BCUT2D eigenvalue weighted by atomic mass is 35.5. The lowest BCUT2D eigenvalue weighted by atomic mass is 10.1. The Morgan fingerprint density at radius 1 is 1.19 bits per heavy atom. The van der Waals surface area contributed by atoms with Crippen LogP contribution in [0.1, 0.15) is 16.7 Å². The molecule has 2 aliphatic heterocycles. The predicted octanol–water partition coefficient (Wildman–Crippen LogP) is 4.89. The summed E-state index contributed by atoms with van der Waals surface area (Å²) in [7, 11) is 0. The highest BCUT2D eigenvalue weighted by molar-refractivity contribution is 8.27. The predicted molar refractivity (Wildman–Crippen MR) is 137 cm³/mol. The molecule has 0 spiro atoms. The van der Waals surface area contributed by atoms with E-state index >= 15 is 0 Å². The first-order chi connectivity index (χ1) is 17.4. The molecular weight excluding hydrogens is 504 g/mol. The van der Waals surface area contributed by atoms with Gasteiger partial charge in [-0.3, -0.25) is 25.3 Å². The largest absolute Gasteiger partial charge is 0.487 e. The van der Waals surface area contributed by atoms with Gasteiger partial charge in [0.05, 0.1) is 21.1 Å². The van der Waals surface area contributed by atoms with Gasteiger partial charge in [0.1, 0.15) is 17.4 Å². The molecule has 2 aromatic carbocycles. The van der Waals surface area contributed by atoms with Gasteiger partial charge in [0.2, 0.25) is 5.17 Å². The molecule has 12 heteroatoms. The Morgan fingerprint density at radius 2 is 2.03 bits per heavy atom. The topological polar surface area (TPSA) is 134 Å². The molecule has 0 unspecified atom stereocenters. The van der Waals surface area contributed by atoms with Crippen LogP contribution in [0.25, 0.3) is 6.08 Å². The number of ether oxygens (including phenoxy) is 1. The molecular formula is C24H15ClN6O4S. The molecule has 0 atom stereocenters. The smallest absolute Gasteiger partial charge is 0.283 e. The van der Waals surface area contributed by atoms with Crippen LogP contribution in [0, 0.1) is 15.5 Å². The van der Waals surface area contributed by atoms with Gasteiger partial charge in [-0.2, -0.15) is 15.1 Å². The molecule has 1 amide bonds. The number of amidine groups is 2. The Bertz CT molecular complexity index is 1510. The fraction of sp³-hybridized carbons (Fsp3) is 0.0417. The molecule has 0 fully saturated rings. The van der Waals surface area contributed by atoms with Crippen LogP contribution in [0.4, 0.5) is 5.69 Å². The summed E-state index contributed by atoms with van der Waals surface area (Å²) < 4.78 is 5.69. The fourth-order valence-corrected chi connectivity index (χ4v) is 4.58. The monoisotopic (exact) mass is 518 g/mol. The van der Waals surface area contributed by atoms with Gasteiger partial charge in [-0.15, -0.1) is 0 Å². The van der Waals surface area contributed by atoms with Crippen molar-refractivity contribution in [1.82, 2.24) is 9.99 Å². The van der Waals surface area contributed by atoms with E-state index in [-0.39, 0.29) is 28.7 Å². The van der Waals surface area contributed by atoms with Crippen molar-refractivity contribution in [3.05, 3.63) is 104 Å². The Hall–Kier alpha value is -4.35. The van der Waals surface area contributed by atoms with Gasteiger partial charge in [0.25, 0.3) is 11.6 Å². The fourth-order valence-electron chi connectivity index (χ4n) is 3.46. The van der Waals surface area contributed by atoms with Gasteiger partial charge >= 0.3 is 0 Å². The number of rotatable bonds is 6. The van der Waals surface area contributed by atoms with E-state index in [1.807, 2.05) is 6.07 Å². The number of fused-ring (bicyclic) bond motifs is 1. The molecule has 0 bridgehead atoms. The van der Waals surface area contributed by atoms with Crippen molar-refractivity contribution in [2.24, 2.45) is 10.1 Å². The third-order valence-electron chi connectivity index (χ3n) is 5.20. The number of benzene rings is 2. The van der Waals surface area contributed by atoms with Crippen molar-refractivity contribution in [1.29, 1.82) is 5.41 Å². The maximum Gasteiger partial charge on any atom is 0.283 e. The number of para-hydroxylation sites is 1. The average molecular weight is 519 g/mol. The summed E-state index contributed by atoms with van der Waals surface area (Å²) in [6, 6.07) is 14.7. The second kappa shape index (κ2) is 9.72. The molecule has 178 valence electrons. The first kappa shape index (κ1) is 23.4. The maximum atomic E-state index is 12.7. The van der Waals surface area contributed by atoms with Crippen molar-refractivity contribution in [2.45, 2.75) is 6.61 Å². The van der Waals surface area contributed by atoms with Crippen LogP contribution in [-0.4, -0.2) is 36.9 Å². The minimum Gasteiger partial charge on any atom is -0.487 e. The molecule has 10 nitrogen and oxygen atoms in total. The van der Waals surface area contributed by atoms with Gasteiger partial charge in [0, 0.05) is 24.0 Å². The van der Waals surface area contributed by atoms with E-state index in [9.17, 15) is 14.9 Å². The molecule has 2 aliphatic rings. The lowest BCUT2D eigenvalue weighted by Gasteiger charge is -2.20. The number of hydrazone groups is 1. The number of amides is 1. The number of hydrogen-bond donors (Lipinski definition) is 1. The van der Waals surface area contributed by atoms with Gasteiger partial charge in [-0.05, 0) is 53.7 Å². The van der Waals surface area contributed by atoms with Crippen molar-refractivity contribution in [3.63, 3.8) is 0 Å². The average Bonchev–Trinajstić information content (AvgIpc) is 3.31. The highest BCUT2D eigenvalue weighted by Crippen LogP contribution is 2.32. The van der Waals surface area contributed by atoms with E-state index in [1.54, 1.807) is 54.9 Å². The Kier molecular flexibility index (Phi) is 6.32. The SMILES string of the molecule is N=C1C(=Cc2ccc(OCc3ccccc3[N+](=O)[O-])c(Cl)c2)C(=O)N=C2SC(c3cccnc3)=NN12. The molecule has 0 saturated heterocycles. The standard InChI is InChI=1S/C24H15ClN6O4S/c25-18-11-14(7-8-20(18)35-13-16-4-1-2-6-19(16)31(33)34)10-17-21(26)30-24(28-22(17)32)36-23(29-30)15-5-3-9-27-12-15/h1-12,26H,13H2. The number of aliphatic imine (C=N–C) groups is 1. The molecule has 0 aliphatic carbocycles. The quantitative estimate of drug-likeness (QED) is 0.279. The lowest BCUT2D eigenvalue weighted by Crippen LogP contribution is -2.35. The number of nitro benzene ring substituents is 1. The molecule has 1 aromatic heterocycles. The number of pyridine rings is 1. The Balaban J connectivity index is 1.35. The van der Waals surface area contributed by atoms with Crippen LogP contribution in [0.15, 0.2) is 82.7 Å². The Labute approximate surface area is 213 Å². The van der Waals surface area contributed by atoms with Gasteiger partial charge in [-0.1, -0.05) is 29.8 Å². The summed E-state index contributed by atoms with van der Waals surface area (Å²) in [6.45, 7) is -0.0399. The zero-order valence-corrected chi connectivity index (χ0v) is 19.9. The van der Waals surface area contributed by atoms with E-state index in [2.05, 4.69) is 15.1 Å². The van der Waals surface area contributed by atoms with Crippen LogP contribution >= 0.6 is 23.4 Å². The minimum absolute atomic E-state index is 0.0399. The molecule has 0 saturated carbocycles. The van der Waals surface area contributed by atoms with Gasteiger partial charge in [0.15, 0.2) is 5.84 Å². The van der Waals surface area contributed by atoms with Crippen LogP contribution in [-0.2, 0) is 11.4 Å². The zero-order valence-electron chi connectivity index (χ0n) is 18.3. The summed E-state index contributed by atoms with van der Waals surface area (Å²) in [5.74, 6) is -0.345. The molecule has 3 aromatic rings. The number of halogens is 1. The third-order valence-corrected chi connectivity index (χ3v) is 6.45. The van der Waals surface area contributed by atoms with Gasteiger partial charge < -0.3 is 4.74 Å². The minimum atomic E-state index is -0.561. The van der Waals surface area contributed by atoms with Crippen molar-refractivity contribution < 1.29 is 14.5 Å². The summed E-state index contributed by atoms with van der Waals surface area (Å²) >= 11 is 7.56. The zero-order chi connectivity index (χ0) is 25.2. The van der Waals surface area contributed by atoms with E-state index in [4.69, 9.17) is 21.7 Å². The number of thioether (sulfide) groups is 1. The van der Waals surface area contributed by atoms with Crippen molar-refractivity contribution in [2.75, 3.05) is 0 Å². The van der Waals surface area contributed by atoms with Crippen LogP contribution < -0.4 is 4.74 Å². The lowest BCUT2D eigenvalue weighted by molar-refractivity contribution is -0.385. The van der Waals surface area contributed by atoms with E-state index in [1.165, 1.54) is 28.9 Å². The molecule has 1 N–H and O–H groups in total. The van der Waals surface area contributed by atoms with Crippen LogP contribution in [0.2, 0.25) is 5.02 Å². The number of aromatic nitrogens is 1. The second-order valence-electron chi connectivity index (χ2n) is 7.53. The second-order valence-corrected chi connectivity index (χ2v) is 8.89. The number of carbonyl (C=O) groups excluding carboxylic acids is 1. The van der Waals surface area contributed by atoms with E-state index in [0.717, 1.165) is 5.56 Å². The number of carbonyl (C=O) groups is 1. The first-order valence-corrected chi connectivity index (χ1v) is 11.7. The number of nitrogens with zero attached hydrogens (tertiary/aromatic N) is 5. The number of hydrogen-bond acceptors (Lipinski definition) is 8. The molecule has 5 rings (SSSR count). The summed E-state index contributed by atoms with van der Waals surface area (Å²) in [5.41, 5.74) is 1.73. The number of nitro groups is 1. The number of nitrogens with one attached hydrogen (secondary N) is 1. The normalized spacial score (nSPS) is 16.0. The molecule has 0 radical (unpaired) electrons. The first-order valence-electron chi connectivity index (χ1n) is 10.5. The van der Waals surface area contributed by atoms with Crippen molar-refractivity contribution in [3.8, 4) is 5.75 Å². The Morgan fingerprint density at radius 3 is 2.78 bits per heavy atom. The van der Waals surface area contributed by atoms with Crippen LogP contribution in [0.5, 0.6) is 5.75 Å². The summed E-state index contributed by atoms with van der Waals surface area (Å²) in [6.07, 6.45) is 4.80. The summed E-state index contributed by atoms with van der Waals surface area (Å²) in [5, 5.41) is 26.6. The van der Waals surface area contributed by atoms with E-state index in [0.29, 0.717) is 27.1 Å². The summed E-state index contributed by atoms with van der Waals surface area (Å²) in [4.78, 5) is 31.6. The third kappa shape index (κ3) is 4.61. The van der Waals surface area contributed by atoms with Crippen molar-refractivity contribution >= 4 is 57.1 Å². The maximum absolute atomic E-state index is 12.7.